The molecular formula is C7H14K2NO5P. The summed E-state index contributed by atoms with van der Waals surface area (Å²) in [5, 5.41) is 2.60. The van der Waals surface area contributed by atoms with Gasteiger partial charge in [0.2, 0.25) is 5.91 Å². The number of phosphoric ester groups is 1. The van der Waals surface area contributed by atoms with E-state index in [2.05, 4.69) is 9.84 Å². The third-order valence-electron chi connectivity index (χ3n) is 1.60. The van der Waals surface area contributed by atoms with Gasteiger partial charge < -0.3 is 24.2 Å². The molecular weight excluding hydrogens is 287 g/mol. The minimum absolute atomic E-state index is 0. The Labute approximate surface area is 181 Å². The third-order valence-corrected chi connectivity index (χ3v) is 2.10. The normalized spacial score (nSPS) is 12.0. The van der Waals surface area contributed by atoms with Crippen LogP contribution in [0.1, 0.15) is 26.7 Å². The topological polar surface area (TPSA) is 102 Å². The Kier molecular flexibility index (Phi) is 19.2. The van der Waals surface area contributed by atoms with Gasteiger partial charge in [0.15, 0.2) is 0 Å². The maximum Gasteiger partial charge on any atom is 1.00 e. The van der Waals surface area contributed by atoms with Crippen LogP contribution in [0.3, 0.4) is 0 Å². The summed E-state index contributed by atoms with van der Waals surface area (Å²) >= 11 is 0. The SMILES string of the molecule is CCC(C)NC(=O)CCOP(=O)([O-])[O-].[K+].[K+]. The number of hydrogen-bond acceptors (Lipinski definition) is 5. The molecule has 84 valence electrons. The molecule has 1 amide bonds. The minimum Gasteiger partial charge on any atom is -0.790 e. The standard InChI is InChI=1S/C7H16NO5P.2K/c1-3-6(2)8-7(9)4-5-13-14(10,11)12;;/h6H,3-5H2,1-2H3,(H,8,9)(H2,10,11,12);;/q;2*+1/p-2. The predicted octanol–water partition coefficient (Wildman–Crippen LogP) is -6.86. The van der Waals surface area contributed by atoms with Crippen LogP contribution in [0.5, 0.6) is 0 Å². The second-order valence-electron chi connectivity index (χ2n) is 2.91. The van der Waals surface area contributed by atoms with E-state index in [1.807, 2.05) is 13.8 Å². The molecule has 0 saturated carbocycles. The van der Waals surface area contributed by atoms with E-state index in [0.29, 0.717) is 0 Å². The van der Waals surface area contributed by atoms with Crippen molar-refractivity contribution in [3.63, 3.8) is 0 Å². The molecule has 6 nitrogen and oxygen atoms in total. The van der Waals surface area contributed by atoms with E-state index in [9.17, 15) is 19.1 Å². The molecule has 9 heteroatoms. The van der Waals surface area contributed by atoms with E-state index in [0.717, 1.165) is 6.42 Å². The fourth-order valence-electron chi connectivity index (χ4n) is 0.699. The van der Waals surface area contributed by atoms with Gasteiger partial charge >= 0.3 is 103 Å². The second kappa shape index (κ2) is 12.9. The Balaban J connectivity index is -0.000000845. The number of nitrogens with one attached hydrogen (secondary N) is 1. The maximum absolute atomic E-state index is 11.0. The van der Waals surface area contributed by atoms with E-state index in [4.69, 9.17) is 0 Å². The van der Waals surface area contributed by atoms with Gasteiger partial charge in [0.25, 0.3) is 0 Å². The Bertz CT molecular complexity index is 235. The largest absolute Gasteiger partial charge is 1.00 e. The molecule has 0 rings (SSSR count). The number of hydrogen-bond donors (Lipinski definition) is 1. The zero-order valence-corrected chi connectivity index (χ0v) is 17.3. The molecule has 16 heavy (non-hydrogen) atoms. The third kappa shape index (κ3) is 16.9. The number of carbonyl (C=O) groups is 1. The van der Waals surface area contributed by atoms with Crippen molar-refractivity contribution in [3.05, 3.63) is 0 Å². The van der Waals surface area contributed by atoms with Gasteiger partial charge in [-0.25, -0.2) is 0 Å². The molecule has 0 aromatic rings. The van der Waals surface area contributed by atoms with E-state index >= 15 is 0 Å². The quantitative estimate of drug-likeness (QED) is 0.388. The molecule has 1 unspecified atom stereocenters. The number of phosphoric acid groups is 1. The van der Waals surface area contributed by atoms with Crippen LogP contribution < -0.4 is 118 Å². The van der Waals surface area contributed by atoms with Gasteiger partial charge in [-0.3, -0.25) is 4.79 Å². The van der Waals surface area contributed by atoms with Gasteiger partial charge in [-0.15, -0.1) is 0 Å². The van der Waals surface area contributed by atoms with Gasteiger partial charge in [-0.2, -0.15) is 0 Å². The second-order valence-corrected chi connectivity index (χ2v) is 4.06. The summed E-state index contributed by atoms with van der Waals surface area (Å²) in [6.07, 6.45) is 0.660. The number of rotatable bonds is 6. The molecule has 0 fully saturated rings. The van der Waals surface area contributed by atoms with Crippen LogP contribution in [0.15, 0.2) is 0 Å². The van der Waals surface area contributed by atoms with E-state index < -0.39 is 14.4 Å². The van der Waals surface area contributed by atoms with Crippen LogP contribution in [-0.2, 0) is 13.9 Å². The van der Waals surface area contributed by atoms with Crippen molar-refractivity contribution in [2.75, 3.05) is 6.61 Å². The molecule has 0 aliphatic heterocycles. The van der Waals surface area contributed by atoms with Crippen LogP contribution >= 0.6 is 7.82 Å². The first kappa shape index (κ1) is 23.9. The molecule has 0 heterocycles. The fraction of sp³-hybridized carbons (Fsp3) is 0.857. The Morgan fingerprint density at radius 3 is 2.31 bits per heavy atom. The van der Waals surface area contributed by atoms with Gasteiger partial charge in [-0.05, 0) is 13.3 Å². The first-order valence-electron chi connectivity index (χ1n) is 4.31. The van der Waals surface area contributed by atoms with Crippen LogP contribution in [0.4, 0.5) is 0 Å². The Hall–Kier alpha value is 2.85. The molecule has 0 bridgehead atoms. The number of amides is 1. The molecule has 0 aromatic carbocycles. The predicted molar refractivity (Wildman–Crippen MR) is 46.1 cm³/mol. The molecule has 0 aromatic heterocycles. The van der Waals surface area contributed by atoms with Crippen molar-refractivity contribution in [1.82, 2.24) is 5.32 Å². The minimum atomic E-state index is -4.94. The van der Waals surface area contributed by atoms with Crippen molar-refractivity contribution >= 4 is 13.7 Å². The van der Waals surface area contributed by atoms with Crippen LogP contribution in [0, 0.1) is 0 Å². The van der Waals surface area contributed by atoms with Crippen molar-refractivity contribution in [2.24, 2.45) is 0 Å². The van der Waals surface area contributed by atoms with Crippen LogP contribution in [0.2, 0.25) is 0 Å². The van der Waals surface area contributed by atoms with Gasteiger partial charge in [-0.1, -0.05) is 6.92 Å². The molecule has 1 atom stereocenters. The summed E-state index contributed by atoms with van der Waals surface area (Å²) in [6.45, 7) is 3.34. The maximum atomic E-state index is 11.0. The fourth-order valence-corrected chi connectivity index (χ4v) is 1.01. The first-order valence-corrected chi connectivity index (χ1v) is 5.77. The van der Waals surface area contributed by atoms with Crippen molar-refractivity contribution in [3.8, 4) is 0 Å². The summed E-state index contributed by atoms with van der Waals surface area (Å²) in [5.74, 6) is -0.326. The van der Waals surface area contributed by atoms with Crippen molar-refractivity contribution in [1.29, 1.82) is 0 Å². The van der Waals surface area contributed by atoms with Crippen LogP contribution in [0.25, 0.3) is 0 Å². The molecule has 1 N–H and O–H groups in total. The van der Waals surface area contributed by atoms with Crippen molar-refractivity contribution in [2.45, 2.75) is 32.7 Å². The average Bonchev–Trinajstić information content (AvgIpc) is 2.01. The Morgan fingerprint density at radius 2 is 1.94 bits per heavy atom. The zero-order valence-electron chi connectivity index (χ0n) is 10.2. The average molecular weight is 301 g/mol. The number of carbonyl (C=O) groups excluding carboxylic acids is 1. The Morgan fingerprint density at radius 1 is 1.44 bits per heavy atom. The smallest absolute Gasteiger partial charge is 0.790 e. The first-order chi connectivity index (χ1) is 6.35. The monoisotopic (exact) mass is 301 g/mol. The van der Waals surface area contributed by atoms with Gasteiger partial charge in [0, 0.05) is 6.04 Å². The van der Waals surface area contributed by atoms with Crippen molar-refractivity contribution < 1.29 is 126 Å². The summed E-state index contributed by atoms with van der Waals surface area (Å²) in [5.41, 5.74) is 0. The molecule has 0 saturated heterocycles. The van der Waals surface area contributed by atoms with Crippen LogP contribution in [-0.4, -0.2) is 18.6 Å². The van der Waals surface area contributed by atoms with E-state index in [1.165, 1.54) is 0 Å². The van der Waals surface area contributed by atoms with Gasteiger partial charge in [0.1, 0.15) is 0 Å². The van der Waals surface area contributed by atoms with E-state index in [1.54, 1.807) is 0 Å². The van der Waals surface area contributed by atoms with Gasteiger partial charge in [0.05, 0.1) is 20.9 Å². The summed E-state index contributed by atoms with van der Waals surface area (Å²) < 4.78 is 13.9. The molecule has 0 aliphatic rings. The summed E-state index contributed by atoms with van der Waals surface area (Å²) in [6, 6.07) is 0.0359. The molecule has 0 spiro atoms. The zero-order chi connectivity index (χ0) is 11.2. The molecule has 0 radical (unpaired) electrons. The summed E-state index contributed by atoms with van der Waals surface area (Å²) in [7, 11) is -4.94. The van der Waals surface area contributed by atoms with E-state index in [-0.39, 0.29) is 121 Å². The molecule has 0 aliphatic carbocycles. The summed E-state index contributed by atoms with van der Waals surface area (Å²) in [4.78, 5) is 31.0.